The molecule has 0 aliphatic rings. The first-order valence-corrected chi connectivity index (χ1v) is 9.15. The molecule has 0 bridgehead atoms. The van der Waals surface area contributed by atoms with E-state index in [4.69, 9.17) is 9.47 Å². The summed E-state index contributed by atoms with van der Waals surface area (Å²) in [5.41, 5.74) is 0.943. The molecule has 0 spiro atoms. The maximum atomic E-state index is 12.6. The number of rotatable bonds is 7. The minimum Gasteiger partial charge on any atom is -0.497 e. The maximum absolute atomic E-state index is 12.6. The zero-order valence-electron chi connectivity index (χ0n) is 15.3. The van der Waals surface area contributed by atoms with Crippen LogP contribution in [0.2, 0.25) is 0 Å². The van der Waals surface area contributed by atoms with Crippen molar-refractivity contribution in [2.24, 2.45) is 0 Å². The number of anilines is 1. The van der Waals surface area contributed by atoms with Crippen molar-refractivity contribution < 1.29 is 19.1 Å². The predicted octanol–water partition coefficient (Wildman–Crippen LogP) is 3.77. The molecule has 0 aliphatic carbocycles. The van der Waals surface area contributed by atoms with E-state index < -0.39 is 5.97 Å². The van der Waals surface area contributed by atoms with Crippen LogP contribution in [0, 0.1) is 0 Å². The molecule has 0 radical (unpaired) electrons. The number of ether oxygens (including phenoxy) is 2. The molecule has 140 valence electrons. The monoisotopic (exact) mass is 377 g/mol. The number of hydrogen-bond acceptors (Lipinski definition) is 6. The highest BCUT2D eigenvalue weighted by atomic mass is 32.1. The summed E-state index contributed by atoms with van der Waals surface area (Å²) in [6, 6.07) is 6.83. The van der Waals surface area contributed by atoms with Crippen LogP contribution in [-0.2, 0) is 11.3 Å². The van der Waals surface area contributed by atoms with Crippen LogP contribution in [-0.4, -0.2) is 41.6 Å². The number of hydrogen-bond donors (Lipinski definition) is 1. The van der Waals surface area contributed by atoms with Crippen LogP contribution in [0.1, 0.15) is 36.3 Å². The fraction of sp³-hybridized carbons (Fsp3) is 0.389. The zero-order chi connectivity index (χ0) is 19.1. The quantitative estimate of drug-likeness (QED) is 0.743. The van der Waals surface area contributed by atoms with Crippen LogP contribution in [0.25, 0.3) is 0 Å². The summed E-state index contributed by atoms with van der Waals surface area (Å²) in [7, 11) is 1.59. The van der Waals surface area contributed by atoms with Crippen molar-refractivity contribution in [3.8, 4) is 5.75 Å². The molecule has 8 heteroatoms. The Morgan fingerprint density at radius 2 is 1.96 bits per heavy atom. The Kier molecular flexibility index (Phi) is 6.97. The molecule has 1 aromatic heterocycles. The first-order valence-electron chi connectivity index (χ1n) is 8.27. The standard InChI is InChI=1S/C18H23N3O4S/c1-5-25-17(22)15-11-26-16(20-15)10-21(12(2)3)18(23)19-13-6-8-14(24-4)9-7-13/h6-9,11-12H,5,10H2,1-4H3,(H,19,23). The lowest BCUT2D eigenvalue weighted by atomic mass is 10.3. The third-order valence-electron chi connectivity index (χ3n) is 3.57. The van der Waals surface area contributed by atoms with Gasteiger partial charge >= 0.3 is 12.0 Å². The molecule has 0 unspecified atom stereocenters. The number of aromatic nitrogens is 1. The fourth-order valence-electron chi connectivity index (χ4n) is 2.19. The molecule has 26 heavy (non-hydrogen) atoms. The number of amides is 2. The predicted molar refractivity (Wildman–Crippen MR) is 101 cm³/mol. The number of carbonyl (C=O) groups excluding carboxylic acids is 2. The second kappa shape index (κ2) is 9.19. The molecule has 0 fully saturated rings. The van der Waals surface area contributed by atoms with E-state index in [-0.39, 0.29) is 17.8 Å². The molecule has 2 aromatic rings. The number of methoxy groups -OCH3 is 1. The second-order valence-electron chi connectivity index (χ2n) is 5.73. The lowest BCUT2D eigenvalue weighted by Gasteiger charge is -2.26. The van der Waals surface area contributed by atoms with E-state index >= 15 is 0 Å². The van der Waals surface area contributed by atoms with Crippen molar-refractivity contribution in [2.45, 2.75) is 33.4 Å². The summed E-state index contributed by atoms with van der Waals surface area (Å²) >= 11 is 1.33. The highest BCUT2D eigenvalue weighted by molar-refractivity contribution is 7.09. The molecule has 1 heterocycles. The van der Waals surface area contributed by atoms with Gasteiger partial charge in [0.15, 0.2) is 5.69 Å². The number of thiazole rings is 1. The summed E-state index contributed by atoms with van der Waals surface area (Å²) < 4.78 is 10.1. The number of carbonyl (C=O) groups is 2. The Morgan fingerprint density at radius 1 is 1.27 bits per heavy atom. The SMILES string of the molecule is CCOC(=O)c1csc(CN(C(=O)Nc2ccc(OC)cc2)C(C)C)n1. The van der Waals surface area contributed by atoms with Gasteiger partial charge in [-0.15, -0.1) is 11.3 Å². The Labute approximate surface area is 156 Å². The van der Waals surface area contributed by atoms with Gasteiger partial charge in [-0.05, 0) is 45.0 Å². The van der Waals surface area contributed by atoms with Gasteiger partial charge in [-0.25, -0.2) is 14.6 Å². The molecule has 0 aliphatic heterocycles. The Hall–Kier alpha value is -2.61. The lowest BCUT2D eigenvalue weighted by Crippen LogP contribution is -2.39. The molecular formula is C18H23N3O4S. The maximum Gasteiger partial charge on any atom is 0.357 e. The minimum atomic E-state index is -0.450. The summed E-state index contributed by atoms with van der Waals surface area (Å²) in [4.78, 5) is 30.3. The molecule has 1 aromatic carbocycles. The molecule has 0 saturated carbocycles. The first-order chi connectivity index (χ1) is 12.4. The Balaban J connectivity index is 2.05. The average Bonchev–Trinajstić information content (AvgIpc) is 3.09. The van der Waals surface area contributed by atoms with Gasteiger partial charge in [-0.1, -0.05) is 0 Å². The summed E-state index contributed by atoms with van der Waals surface area (Å²) in [5.74, 6) is 0.270. The van der Waals surface area contributed by atoms with Gasteiger partial charge in [0, 0.05) is 17.1 Å². The van der Waals surface area contributed by atoms with E-state index in [1.54, 1.807) is 48.6 Å². The number of nitrogens with zero attached hydrogens (tertiary/aromatic N) is 2. The Morgan fingerprint density at radius 3 is 2.54 bits per heavy atom. The van der Waals surface area contributed by atoms with Crippen molar-refractivity contribution in [1.29, 1.82) is 0 Å². The molecule has 2 rings (SSSR count). The van der Waals surface area contributed by atoms with Crippen LogP contribution < -0.4 is 10.1 Å². The van der Waals surface area contributed by atoms with Crippen molar-refractivity contribution in [3.05, 3.63) is 40.3 Å². The van der Waals surface area contributed by atoms with Gasteiger partial charge in [-0.2, -0.15) is 0 Å². The van der Waals surface area contributed by atoms with Crippen LogP contribution in [0.4, 0.5) is 10.5 Å². The Bertz CT molecular complexity index is 743. The highest BCUT2D eigenvalue weighted by Crippen LogP contribution is 2.18. The molecule has 2 amide bonds. The van der Waals surface area contributed by atoms with Gasteiger partial charge in [0.1, 0.15) is 10.8 Å². The van der Waals surface area contributed by atoms with E-state index in [1.165, 1.54) is 11.3 Å². The molecule has 0 atom stereocenters. The van der Waals surface area contributed by atoms with Crippen molar-refractivity contribution in [2.75, 3.05) is 19.0 Å². The fourth-order valence-corrected chi connectivity index (χ4v) is 2.95. The molecule has 1 N–H and O–H groups in total. The van der Waals surface area contributed by atoms with Crippen LogP contribution in [0.3, 0.4) is 0 Å². The second-order valence-corrected chi connectivity index (χ2v) is 6.67. The molecular weight excluding hydrogens is 354 g/mol. The number of esters is 1. The van der Waals surface area contributed by atoms with Crippen molar-refractivity contribution in [1.82, 2.24) is 9.88 Å². The van der Waals surface area contributed by atoms with Gasteiger partial charge < -0.3 is 19.7 Å². The summed E-state index contributed by atoms with van der Waals surface area (Å²) in [6.45, 7) is 6.20. The van der Waals surface area contributed by atoms with E-state index in [0.717, 1.165) is 5.75 Å². The number of benzene rings is 1. The summed E-state index contributed by atoms with van der Waals surface area (Å²) in [6.07, 6.45) is 0. The zero-order valence-corrected chi connectivity index (χ0v) is 16.1. The van der Waals surface area contributed by atoms with Gasteiger partial charge in [0.2, 0.25) is 0 Å². The summed E-state index contributed by atoms with van der Waals surface area (Å²) in [5, 5.41) is 5.18. The third kappa shape index (κ3) is 5.19. The van der Waals surface area contributed by atoms with Crippen molar-refractivity contribution in [3.63, 3.8) is 0 Å². The first kappa shape index (κ1) is 19.7. The van der Waals surface area contributed by atoms with Gasteiger partial charge in [0.05, 0.1) is 20.3 Å². The minimum absolute atomic E-state index is 0.0387. The van der Waals surface area contributed by atoms with Gasteiger partial charge in [-0.3, -0.25) is 0 Å². The topological polar surface area (TPSA) is 80.8 Å². The van der Waals surface area contributed by atoms with Crippen molar-refractivity contribution >= 4 is 29.0 Å². The largest absolute Gasteiger partial charge is 0.497 e. The lowest BCUT2D eigenvalue weighted by molar-refractivity contribution is 0.0520. The van der Waals surface area contributed by atoms with Crippen LogP contribution >= 0.6 is 11.3 Å². The molecule has 0 saturated heterocycles. The van der Waals surface area contributed by atoms with E-state index in [0.29, 0.717) is 23.8 Å². The van der Waals surface area contributed by atoms with Gasteiger partial charge in [0.25, 0.3) is 0 Å². The van der Waals surface area contributed by atoms with Crippen LogP contribution in [0.5, 0.6) is 5.75 Å². The normalized spacial score (nSPS) is 10.5. The number of urea groups is 1. The highest BCUT2D eigenvalue weighted by Gasteiger charge is 2.20. The molecule has 7 nitrogen and oxygen atoms in total. The number of nitrogens with one attached hydrogen (secondary N) is 1. The average molecular weight is 377 g/mol. The third-order valence-corrected chi connectivity index (χ3v) is 4.40. The van der Waals surface area contributed by atoms with Crippen LogP contribution in [0.15, 0.2) is 29.6 Å². The van der Waals surface area contributed by atoms with E-state index in [2.05, 4.69) is 10.3 Å². The smallest absolute Gasteiger partial charge is 0.357 e. The van der Waals surface area contributed by atoms with E-state index in [1.807, 2.05) is 13.8 Å². The van der Waals surface area contributed by atoms with E-state index in [9.17, 15) is 9.59 Å².